The van der Waals surface area contributed by atoms with Gasteiger partial charge in [-0.1, -0.05) is 32.9 Å². The average Bonchev–Trinajstić information content (AvgIpc) is 2.20. The van der Waals surface area contributed by atoms with E-state index >= 15 is 0 Å². The zero-order chi connectivity index (χ0) is 10.2. The molecule has 0 aliphatic rings. The van der Waals surface area contributed by atoms with Crippen molar-refractivity contribution in [3.05, 3.63) is 12.2 Å². The smallest absolute Gasteiger partial charge is 0.0404 e. The van der Waals surface area contributed by atoms with Crippen molar-refractivity contribution in [2.75, 3.05) is 12.4 Å². The van der Waals surface area contributed by atoms with Crippen LogP contribution in [0.3, 0.4) is 0 Å². The van der Waals surface area contributed by atoms with Gasteiger partial charge in [0.15, 0.2) is 0 Å². The first-order chi connectivity index (χ1) is 6.24. The van der Waals surface area contributed by atoms with E-state index in [0.29, 0.717) is 11.4 Å². The van der Waals surface area contributed by atoms with Crippen molar-refractivity contribution in [1.29, 1.82) is 0 Å². The largest absolute Gasteiger partial charge is 0.308 e. The van der Waals surface area contributed by atoms with Gasteiger partial charge in [0.2, 0.25) is 0 Å². The molecule has 0 aromatic heterocycles. The number of rotatable bonds is 7. The van der Waals surface area contributed by atoms with Crippen LogP contribution in [-0.2, 0) is 0 Å². The monoisotopic (exact) mass is 203 g/mol. The summed E-state index contributed by atoms with van der Waals surface area (Å²) in [5, 5.41) is 3.57. The van der Waals surface area contributed by atoms with Gasteiger partial charge in [-0.05, 0) is 19.3 Å². The van der Waals surface area contributed by atoms with Crippen LogP contribution in [0.25, 0.3) is 0 Å². The van der Waals surface area contributed by atoms with E-state index in [-0.39, 0.29) is 0 Å². The Morgan fingerprint density at radius 1 is 1.08 bits per heavy atom. The second-order valence-electron chi connectivity index (χ2n) is 3.35. The fraction of sp³-hybridized carbons (Fsp3) is 0.818. The van der Waals surface area contributed by atoms with Gasteiger partial charge in [-0.2, -0.15) is 0 Å². The Kier molecular flexibility index (Phi) is 7.39. The van der Waals surface area contributed by atoms with Gasteiger partial charge in [0.05, 0.1) is 0 Å². The fourth-order valence-electron chi connectivity index (χ4n) is 1.55. The standard InChI is InChI=1S/C11H22ClN/c1-4-11(5-2,6-3)13-10-8-7-9-12/h7-8,13H,4-6,9-10H2,1-3H3/b8-7+. The van der Waals surface area contributed by atoms with E-state index in [1.165, 1.54) is 19.3 Å². The third kappa shape index (κ3) is 4.68. The molecule has 0 aliphatic heterocycles. The molecule has 0 spiro atoms. The Hall–Kier alpha value is -0.0100. The molecule has 0 rings (SSSR count). The molecule has 0 aromatic carbocycles. The third-order valence-corrected chi connectivity index (χ3v) is 3.06. The number of allylic oxidation sites excluding steroid dienone is 1. The number of hydrogen-bond acceptors (Lipinski definition) is 1. The molecule has 0 aromatic rings. The Labute approximate surface area is 87.6 Å². The van der Waals surface area contributed by atoms with E-state index in [1.54, 1.807) is 0 Å². The summed E-state index contributed by atoms with van der Waals surface area (Å²) in [6, 6.07) is 0. The summed E-state index contributed by atoms with van der Waals surface area (Å²) in [4.78, 5) is 0. The molecule has 78 valence electrons. The lowest BCUT2D eigenvalue weighted by Gasteiger charge is -2.31. The lowest BCUT2D eigenvalue weighted by molar-refractivity contribution is 0.302. The molecule has 0 atom stereocenters. The molecule has 13 heavy (non-hydrogen) atoms. The molecule has 2 heteroatoms. The van der Waals surface area contributed by atoms with Gasteiger partial charge in [-0.15, -0.1) is 11.6 Å². The van der Waals surface area contributed by atoms with Gasteiger partial charge in [-0.25, -0.2) is 0 Å². The van der Waals surface area contributed by atoms with Crippen LogP contribution in [-0.4, -0.2) is 18.0 Å². The minimum atomic E-state index is 0.330. The molecule has 1 nitrogen and oxygen atoms in total. The maximum absolute atomic E-state index is 5.54. The molecular formula is C11H22ClN. The second-order valence-corrected chi connectivity index (χ2v) is 3.66. The molecule has 0 aliphatic carbocycles. The second kappa shape index (κ2) is 7.40. The Morgan fingerprint density at radius 2 is 1.62 bits per heavy atom. The number of alkyl halides is 1. The molecule has 0 saturated carbocycles. The molecule has 0 bridgehead atoms. The summed E-state index contributed by atoms with van der Waals surface area (Å²) in [5.41, 5.74) is 0.330. The third-order valence-electron chi connectivity index (χ3n) is 2.88. The van der Waals surface area contributed by atoms with E-state index in [4.69, 9.17) is 11.6 Å². The van der Waals surface area contributed by atoms with Crippen molar-refractivity contribution >= 4 is 11.6 Å². The van der Waals surface area contributed by atoms with Crippen molar-refractivity contribution in [2.24, 2.45) is 0 Å². The highest BCUT2D eigenvalue weighted by molar-refractivity contribution is 6.18. The van der Waals surface area contributed by atoms with E-state index in [2.05, 4.69) is 32.2 Å². The SMILES string of the molecule is CCC(CC)(CC)NC/C=C/CCl. The summed E-state index contributed by atoms with van der Waals surface area (Å²) in [5.74, 6) is 0.610. The first-order valence-corrected chi connectivity index (χ1v) is 5.74. The molecule has 0 amide bonds. The normalized spacial score (nSPS) is 12.6. The number of halogens is 1. The van der Waals surface area contributed by atoms with Crippen LogP contribution in [0, 0.1) is 0 Å². The van der Waals surface area contributed by atoms with Gasteiger partial charge in [0.25, 0.3) is 0 Å². The van der Waals surface area contributed by atoms with Gasteiger partial charge in [0, 0.05) is 18.0 Å². The summed E-state index contributed by atoms with van der Waals surface area (Å²) < 4.78 is 0. The zero-order valence-corrected chi connectivity index (χ0v) is 9.82. The van der Waals surface area contributed by atoms with Gasteiger partial charge in [-0.3, -0.25) is 0 Å². The van der Waals surface area contributed by atoms with Gasteiger partial charge in [0.1, 0.15) is 0 Å². The van der Waals surface area contributed by atoms with Crippen LogP contribution in [0.5, 0.6) is 0 Å². The Morgan fingerprint density at radius 3 is 2.00 bits per heavy atom. The molecule has 0 fully saturated rings. The van der Waals surface area contributed by atoms with Crippen molar-refractivity contribution in [3.8, 4) is 0 Å². The van der Waals surface area contributed by atoms with Crippen molar-refractivity contribution in [2.45, 2.75) is 45.6 Å². The van der Waals surface area contributed by atoms with Crippen LogP contribution >= 0.6 is 11.6 Å². The molecule has 0 saturated heterocycles. The minimum absolute atomic E-state index is 0.330. The zero-order valence-electron chi connectivity index (χ0n) is 9.07. The van der Waals surface area contributed by atoms with Gasteiger partial charge < -0.3 is 5.32 Å². The maximum Gasteiger partial charge on any atom is 0.0404 e. The van der Waals surface area contributed by atoms with Crippen LogP contribution in [0.15, 0.2) is 12.2 Å². The van der Waals surface area contributed by atoms with Crippen LogP contribution in [0.4, 0.5) is 0 Å². The van der Waals surface area contributed by atoms with Crippen LogP contribution < -0.4 is 5.32 Å². The highest BCUT2D eigenvalue weighted by atomic mass is 35.5. The molecule has 0 unspecified atom stereocenters. The minimum Gasteiger partial charge on any atom is -0.308 e. The van der Waals surface area contributed by atoms with Crippen molar-refractivity contribution in [3.63, 3.8) is 0 Å². The molecule has 0 radical (unpaired) electrons. The molecular weight excluding hydrogens is 182 g/mol. The van der Waals surface area contributed by atoms with E-state index in [0.717, 1.165) is 6.54 Å². The predicted octanol–water partition coefficient (Wildman–Crippen LogP) is 3.34. The maximum atomic E-state index is 5.54. The first kappa shape index (κ1) is 13.0. The van der Waals surface area contributed by atoms with E-state index in [9.17, 15) is 0 Å². The van der Waals surface area contributed by atoms with Crippen LogP contribution in [0.1, 0.15) is 40.0 Å². The lowest BCUT2D eigenvalue weighted by atomic mass is 9.90. The predicted molar refractivity (Wildman–Crippen MR) is 61.5 cm³/mol. The van der Waals surface area contributed by atoms with E-state index in [1.807, 2.05) is 6.08 Å². The average molecular weight is 204 g/mol. The topological polar surface area (TPSA) is 12.0 Å². The highest BCUT2D eigenvalue weighted by Crippen LogP contribution is 2.18. The quantitative estimate of drug-likeness (QED) is 0.495. The first-order valence-electron chi connectivity index (χ1n) is 5.20. The lowest BCUT2D eigenvalue weighted by Crippen LogP contribution is -2.43. The van der Waals surface area contributed by atoms with Crippen molar-refractivity contribution < 1.29 is 0 Å². The van der Waals surface area contributed by atoms with Crippen molar-refractivity contribution in [1.82, 2.24) is 5.32 Å². The Balaban J connectivity index is 3.88. The number of nitrogens with one attached hydrogen (secondary N) is 1. The highest BCUT2D eigenvalue weighted by Gasteiger charge is 2.21. The summed E-state index contributed by atoms with van der Waals surface area (Å²) >= 11 is 5.54. The number of hydrogen-bond donors (Lipinski definition) is 1. The van der Waals surface area contributed by atoms with Crippen LogP contribution in [0.2, 0.25) is 0 Å². The molecule has 1 N–H and O–H groups in total. The Bertz CT molecular complexity index is 131. The summed E-state index contributed by atoms with van der Waals surface area (Å²) in [6.07, 6.45) is 7.65. The fourth-order valence-corrected chi connectivity index (χ4v) is 1.67. The summed E-state index contributed by atoms with van der Waals surface area (Å²) in [6.45, 7) is 7.66. The molecule has 0 heterocycles. The van der Waals surface area contributed by atoms with E-state index < -0.39 is 0 Å². The summed E-state index contributed by atoms with van der Waals surface area (Å²) in [7, 11) is 0. The van der Waals surface area contributed by atoms with Gasteiger partial charge >= 0.3 is 0 Å².